The Labute approximate surface area is 161 Å². The van der Waals surface area contributed by atoms with E-state index < -0.39 is 12.0 Å². The molecule has 0 radical (unpaired) electrons. The van der Waals surface area contributed by atoms with Gasteiger partial charge in [0.1, 0.15) is 0 Å². The van der Waals surface area contributed by atoms with Crippen molar-refractivity contribution in [1.82, 2.24) is 5.32 Å². The number of halogens is 3. The third-order valence-electron chi connectivity index (χ3n) is 4.72. The Morgan fingerprint density at radius 1 is 1.19 bits per heavy atom. The van der Waals surface area contributed by atoms with Crippen LogP contribution in [0.1, 0.15) is 24.0 Å². The van der Waals surface area contributed by atoms with Gasteiger partial charge in [-0.2, -0.15) is 8.78 Å². The number of hydrogen-bond donors (Lipinski definition) is 1. The highest BCUT2D eigenvalue weighted by Gasteiger charge is 2.50. The zero-order valence-corrected chi connectivity index (χ0v) is 15.6. The van der Waals surface area contributed by atoms with Crippen molar-refractivity contribution in [1.29, 1.82) is 0 Å². The molecule has 2 aromatic rings. The van der Waals surface area contributed by atoms with Crippen molar-refractivity contribution >= 4 is 17.5 Å². The Morgan fingerprint density at radius 3 is 2.48 bits per heavy atom. The molecular weight excluding hydrogens is 376 g/mol. The number of alkyl halides is 2. The normalized spacial score (nSPS) is 14.7. The fourth-order valence-electron chi connectivity index (χ4n) is 3.09. The van der Waals surface area contributed by atoms with Gasteiger partial charge < -0.3 is 14.8 Å². The Kier molecular flexibility index (Phi) is 5.85. The average Bonchev–Trinajstić information content (AvgIpc) is 3.45. The second-order valence-electron chi connectivity index (χ2n) is 6.46. The number of nitrogens with one attached hydrogen (secondary N) is 1. The third kappa shape index (κ3) is 4.50. The molecule has 1 aliphatic carbocycles. The van der Waals surface area contributed by atoms with E-state index in [1.807, 2.05) is 12.1 Å². The number of amides is 1. The minimum atomic E-state index is -2.91. The van der Waals surface area contributed by atoms with Crippen LogP contribution in [0.2, 0.25) is 5.02 Å². The van der Waals surface area contributed by atoms with Crippen molar-refractivity contribution in [2.24, 2.45) is 0 Å². The lowest BCUT2D eigenvalue weighted by Gasteiger charge is -2.16. The second kappa shape index (κ2) is 8.13. The molecule has 27 heavy (non-hydrogen) atoms. The number of carbonyl (C=O) groups excluding carboxylic acids is 1. The fraction of sp³-hybridized carbons (Fsp3) is 0.350. The smallest absolute Gasteiger partial charge is 0.387 e. The maximum atomic E-state index is 12.6. The van der Waals surface area contributed by atoms with Crippen molar-refractivity contribution in [2.45, 2.75) is 31.3 Å². The topological polar surface area (TPSA) is 47.6 Å². The molecule has 1 saturated carbocycles. The van der Waals surface area contributed by atoms with Gasteiger partial charge in [-0.3, -0.25) is 4.79 Å². The van der Waals surface area contributed by atoms with Crippen molar-refractivity contribution < 1.29 is 23.0 Å². The highest BCUT2D eigenvalue weighted by molar-refractivity contribution is 6.30. The molecule has 1 amide bonds. The first-order valence-electron chi connectivity index (χ1n) is 8.61. The molecular formula is C20H20ClF2NO3. The summed E-state index contributed by atoms with van der Waals surface area (Å²) >= 11 is 5.92. The first-order chi connectivity index (χ1) is 12.9. The van der Waals surface area contributed by atoms with Gasteiger partial charge in [0.15, 0.2) is 11.5 Å². The molecule has 0 aromatic heterocycles. The van der Waals surface area contributed by atoms with Crippen LogP contribution in [0.5, 0.6) is 11.5 Å². The van der Waals surface area contributed by atoms with Crippen molar-refractivity contribution in [3.8, 4) is 11.5 Å². The number of hydrogen-bond acceptors (Lipinski definition) is 3. The second-order valence-corrected chi connectivity index (χ2v) is 6.90. The minimum Gasteiger partial charge on any atom is -0.493 e. The van der Waals surface area contributed by atoms with E-state index in [2.05, 4.69) is 10.1 Å². The molecule has 0 heterocycles. The van der Waals surface area contributed by atoms with Gasteiger partial charge in [0.2, 0.25) is 5.91 Å². The molecule has 0 bridgehead atoms. The first-order valence-corrected chi connectivity index (χ1v) is 8.98. The fourth-order valence-corrected chi connectivity index (χ4v) is 3.22. The molecule has 4 nitrogen and oxygen atoms in total. The SMILES string of the molecule is COc1cc(CCNC(=O)C2(c3ccc(Cl)cc3)CC2)ccc1OC(F)F. The lowest BCUT2D eigenvalue weighted by molar-refractivity contribution is -0.123. The van der Waals surface area contributed by atoms with Crippen LogP contribution in [-0.4, -0.2) is 26.2 Å². The quantitative estimate of drug-likeness (QED) is 0.723. The zero-order chi connectivity index (χ0) is 19.4. The van der Waals surface area contributed by atoms with Gasteiger partial charge in [-0.1, -0.05) is 29.8 Å². The summed E-state index contributed by atoms with van der Waals surface area (Å²) in [5.41, 5.74) is 1.36. The van der Waals surface area contributed by atoms with Crippen LogP contribution in [-0.2, 0) is 16.6 Å². The molecule has 0 spiro atoms. The molecule has 1 aliphatic rings. The Bertz CT molecular complexity index is 807. The van der Waals surface area contributed by atoms with Gasteiger partial charge in [0, 0.05) is 11.6 Å². The molecule has 144 valence electrons. The predicted octanol–water partition coefficient (Wildman–Crippen LogP) is 4.34. The van der Waals surface area contributed by atoms with Crippen LogP contribution in [0, 0.1) is 0 Å². The van der Waals surface area contributed by atoms with E-state index in [1.54, 1.807) is 24.3 Å². The highest BCUT2D eigenvalue weighted by atomic mass is 35.5. The van der Waals surface area contributed by atoms with Gasteiger partial charge in [0.25, 0.3) is 0 Å². The van der Waals surface area contributed by atoms with Crippen molar-refractivity contribution in [2.75, 3.05) is 13.7 Å². The Morgan fingerprint density at radius 2 is 1.89 bits per heavy atom. The summed E-state index contributed by atoms with van der Waals surface area (Å²) in [6.07, 6.45) is 2.18. The number of carbonyl (C=O) groups is 1. The summed E-state index contributed by atoms with van der Waals surface area (Å²) in [7, 11) is 1.39. The van der Waals surface area contributed by atoms with Crippen LogP contribution in [0.4, 0.5) is 8.78 Å². The van der Waals surface area contributed by atoms with Crippen LogP contribution in [0.25, 0.3) is 0 Å². The van der Waals surface area contributed by atoms with E-state index in [-0.39, 0.29) is 17.4 Å². The lowest BCUT2D eigenvalue weighted by Crippen LogP contribution is -2.35. The summed E-state index contributed by atoms with van der Waals surface area (Å²) in [5, 5.41) is 3.61. The van der Waals surface area contributed by atoms with E-state index in [0.717, 1.165) is 24.0 Å². The van der Waals surface area contributed by atoms with Gasteiger partial charge in [-0.15, -0.1) is 0 Å². The molecule has 0 atom stereocenters. The molecule has 1 N–H and O–H groups in total. The summed E-state index contributed by atoms with van der Waals surface area (Å²) in [6.45, 7) is -2.47. The molecule has 0 unspecified atom stereocenters. The molecule has 0 saturated heterocycles. The Hall–Kier alpha value is -2.34. The van der Waals surface area contributed by atoms with E-state index in [4.69, 9.17) is 16.3 Å². The summed E-state index contributed by atoms with van der Waals surface area (Å²) in [5.74, 6) is 0.216. The van der Waals surface area contributed by atoms with Crippen molar-refractivity contribution in [3.05, 3.63) is 58.6 Å². The van der Waals surface area contributed by atoms with E-state index in [0.29, 0.717) is 18.0 Å². The van der Waals surface area contributed by atoms with E-state index in [9.17, 15) is 13.6 Å². The van der Waals surface area contributed by atoms with Crippen LogP contribution < -0.4 is 14.8 Å². The highest BCUT2D eigenvalue weighted by Crippen LogP contribution is 2.48. The van der Waals surface area contributed by atoms with Crippen LogP contribution in [0.15, 0.2) is 42.5 Å². The molecule has 2 aromatic carbocycles. The lowest BCUT2D eigenvalue weighted by atomic mass is 9.95. The van der Waals surface area contributed by atoms with E-state index >= 15 is 0 Å². The van der Waals surface area contributed by atoms with Crippen LogP contribution in [0.3, 0.4) is 0 Å². The van der Waals surface area contributed by atoms with Crippen molar-refractivity contribution in [3.63, 3.8) is 0 Å². The maximum absolute atomic E-state index is 12.6. The van der Waals surface area contributed by atoms with Gasteiger partial charge in [-0.25, -0.2) is 0 Å². The standard InChI is InChI=1S/C20H20ClF2NO3/c1-26-17-12-13(2-7-16(17)27-19(22)23)8-11-24-18(25)20(9-10-20)14-3-5-15(21)6-4-14/h2-7,12,19H,8-11H2,1H3,(H,24,25). The number of rotatable bonds is 8. The molecule has 7 heteroatoms. The monoisotopic (exact) mass is 395 g/mol. The summed E-state index contributed by atoms with van der Waals surface area (Å²) in [6, 6.07) is 12.1. The number of ether oxygens (including phenoxy) is 2. The van der Waals surface area contributed by atoms with Crippen LogP contribution >= 0.6 is 11.6 Å². The molecule has 1 fully saturated rings. The molecule has 0 aliphatic heterocycles. The van der Waals surface area contributed by atoms with E-state index in [1.165, 1.54) is 13.2 Å². The zero-order valence-electron chi connectivity index (χ0n) is 14.8. The summed E-state index contributed by atoms with van der Waals surface area (Å²) in [4.78, 5) is 12.6. The number of methoxy groups -OCH3 is 1. The molecule has 3 rings (SSSR count). The first kappa shape index (κ1) is 19.4. The maximum Gasteiger partial charge on any atom is 0.387 e. The number of benzene rings is 2. The van der Waals surface area contributed by atoms with Gasteiger partial charge in [-0.05, 0) is 54.7 Å². The minimum absolute atomic E-state index is 0.00515. The summed E-state index contributed by atoms with van der Waals surface area (Å²) < 4.78 is 34.2. The third-order valence-corrected chi connectivity index (χ3v) is 4.98. The predicted molar refractivity (Wildman–Crippen MR) is 98.7 cm³/mol. The van der Waals surface area contributed by atoms with Gasteiger partial charge >= 0.3 is 6.61 Å². The van der Waals surface area contributed by atoms with Gasteiger partial charge in [0.05, 0.1) is 12.5 Å². The Balaban J connectivity index is 1.58. The largest absolute Gasteiger partial charge is 0.493 e. The average molecular weight is 396 g/mol.